The van der Waals surface area contributed by atoms with Gasteiger partial charge in [0.25, 0.3) is 0 Å². The number of carbonyl (C=O) groups excluding carboxylic acids is 1. The molecule has 1 amide bonds. The molecule has 0 aliphatic carbocycles. The Bertz CT molecular complexity index is 1890. The molecule has 222 valence electrons. The van der Waals surface area contributed by atoms with Crippen molar-refractivity contribution in [2.45, 2.75) is 46.3 Å². The van der Waals surface area contributed by atoms with E-state index in [4.69, 9.17) is 16.3 Å². The molecule has 1 atom stereocenters. The summed E-state index contributed by atoms with van der Waals surface area (Å²) < 4.78 is 37.7. The third-order valence-corrected chi connectivity index (χ3v) is 8.48. The van der Waals surface area contributed by atoms with E-state index in [1.54, 1.807) is 23.2 Å². The van der Waals surface area contributed by atoms with E-state index < -0.39 is 17.3 Å². The molecule has 11 heteroatoms. The van der Waals surface area contributed by atoms with Crippen LogP contribution >= 0.6 is 11.6 Å². The van der Waals surface area contributed by atoms with Crippen molar-refractivity contribution in [1.29, 1.82) is 0 Å². The van der Waals surface area contributed by atoms with E-state index in [1.165, 1.54) is 16.7 Å². The molecule has 2 aliphatic rings. The van der Waals surface area contributed by atoms with Crippen LogP contribution in [0.4, 0.5) is 14.6 Å². The number of rotatable bonds is 4. The normalized spacial score (nSPS) is 16.2. The average molecular weight is 606 g/mol. The zero-order chi connectivity index (χ0) is 30.7. The molecule has 4 heterocycles. The van der Waals surface area contributed by atoms with Gasteiger partial charge in [0.1, 0.15) is 17.9 Å². The molecule has 1 fully saturated rings. The van der Waals surface area contributed by atoms with Crippen LogP contribution < -0.4 is 15.3 Å². The number of aromatic nitrogens is 3. The topological polar surface area (TPSA) is 80.6 Å². The number of fused-ring (bicyclic) bond motifs is 5. The first-order valence-electron chi connectivity index (χ1n) is 14.1. The summed E-state index contributed by atoms with van der Waals surface area (Å²) in [6, 6.07) is 5.75. The number of aryl methyl sites for hydroxylation is 1. The maximum atomic E-state index is 15.4. The highest BCUT2D eigenvalue weighted by Crippen LogP contribution is 2.49. The Hall–Kier alpha value is -4.31. The summed E-state index contributed by atoms with van der Waals surface area (Å²) in [5.74, 6) is -1.76. The third-order valence-electron chi connectivity index (χ3n) is 8.18. The van der Waals surface area contributed by atoms with Gasteiger partial charge < -0.3 is 14.5 Å². The van der Waals surface area contributed by atoms with E-state index in [2.05, 4.69) is 16.5 Å². The Balaban J connectivity index is 1.71. The molecule has 0 saturated carbocycles. The molecule has 0 bridgehead atoms. The van der Waals surface area contributed by atoms with Crippen LogP contribution in [0.5, 0.6) is 5.75 Å². The maximum Gasteiger partial charge on any atom is 0.354 e. The van der Waals surface area contributed by atoms with Crippen molar-refractivity contribution in [3.63, 3.8) is 0 Å². The summed E-state index contributed by atoms with van der Waals surface area (Å²) in [5, 5.41) is 0.623. The van der Waals surface area contributed by atoms with Gasteiger partial charge in [0.2, 0.25) is 5.91 Å². The van der Waals surface area contributed by atoms with Gasteiger partial charge in [-0.05, 0) is 49.6 Å². The number of benzene rings is 2. The van der Waals surface area contributed by atoms with E-state index in [9.17, 15) is 14.0 Å². The monoisotopic (exact) mass is 605 g/mol. The van der Waals surface area contributed by atoms with Gasteiger partial charge in [0, 0.05) is 53.9 Å². The fourth-order valence-corrected chi connectivity index (χ4v) is 6.41. The molecule has 1 saturated heterocycles. The Kier molecular flexibility index (Phi) is 7.20. The molecule has 2 aliphatic heterocycles. The van der Waals surface area contributed by atoms with Gasteiger partial charge in [-0.1, -0.05) is 38.1 Å². The predicted octanol–water partition coefficient (Wildman–Crippen LogP) is 5.93. The first-order chi connectivity index (χ1) is 20.5. The lowest BCUT2D eigenvalue weighted by Crippen LogP contribution is -2.54. The molecule has 8 nitrogen and oxygen atoms in total. The maximum absolute atomic E-state index is 15.4. The zero-order valence-corrected chi connectivity index (χ0v) is 25.0. The summed E-state index contributed by atoms with van der Waals surface area (Å²) in [5.41, 5.74) is 2.34. The van der Waals surface area contributed by atoms with Crippen LogP contribution in [0.3, 0.4) is 0 Å². The van der Waals surface area contributed by atoms with E-state index in [0.717, 1.165) is 11.6 Å². The summed E-state index contributed by atoms with van der Waals surface area (Å²) in [6.07, 6.45) is 2.97. The predicted molar refractivity (Wildman–Crippen MR) is 162 cm³/mol. The fourth-order valence-electron chi connectivity index (χ4n) is 6.12. The Morgan fingerprint density at radius 3 is 2.67 bits per heavy atom. The smallest absolute Gasteiger partial charge is 0.354 e. The highest BCUT2D eigenvalue weighted by atomic mass is 35.5. The van der Waals surface area contributed by atoms with E-state index in [0.29, 0.717) is 53.3 Å². The van der Waals surface area contributed by atoms with Crippen molar-refractivity contribution in [1.82, 2.24) is 19.4 Å². The first-order valence-corrected chi connectivity index (χ1v) is 14.4. The van der Waals surface area contributed by atoms with Gasteiger partial charge in [-0.2, -0.15) is 4.98 Å². The van der Waals surface area contributed by atoms with Gasteiger partial charge in [-0.15, -0.1) is 0 Å². The number of amides is 1. The molecular weight excluding hydrogens is 576 g/mol. The highest BCUT2D eigenvalue weighted by Gasteiger charge is 2.34. The van der Waals surface area contributed by atoms with Crippen LogP contribution in [0.15, 0.2) is 47.9 Å². The number of piperazine rings is 1. The lowest BCUT2D eigenvalue weighted by molar-refractivity contribution is -0.126. The molecule has 0 unspecified atom stereocenters. The number of hydrogen-bond acceptors (Lipinski definition) is 6. The molecule has 2 aromatic carbocycles. The number of hydrogen-bond donors (Lipinski definition) is 0. The molecule has 4 aromatic rings. The quantitative estimate of drug-likeness (QED) is 0.269. The molecule has 0 spiro atoms. The second-order valence-electron chi connectivity index (χ2n) is 11.2. The van der Waals surface area contributed by atoms with Gasteiger partial charge in [0.15, 0.2) is 17.4 Å². The fraction of sp³-hybridized carbons (Fsp3) is 0.312. The minimum Gasteiger partial charge on any atom is -0.486 e. The lowest BCUT2D eigenvalue weighted by atomic mass is 9.94. The van der Waals surface area contributed by atoms with Gasteiger partial charge >= 0.3 is 5.69 Å². The second-order valence-corrected chi connectivity index (χ2v) is 11.7. The van der Waals surface area contributed by atoms with Crippen molar-refractivity contribution in [2.75, 3.05) is 24.5 Å². The summed E-state index contributed by atoms with van der Waals surface area (Å²) in [7, 11) is 0. The van der Waals surface area contributed by atoms with Crippen molar-refractivity contribution in [2.24, 2.45) is 0 Å². The molecule has 6 rings (SSSR count). The highest BCUT2D eigenvalue weighted by molar-refractivity contribution is 6.35. The largest absolute Gasteiger partial charge is 0.486 e. The minimum atomic E-state index is -1.04. The number of pyridine rings is 1. The van der Waals surface area contributed by atoms with E-state index >= 15 is 4.39 Å². The summed E-state index contributed by atoms with van der Waals surface area (Å²) in [4.78, 5) is 39.3. The van der Waals surface area contributed by atoms with Crippen LogP contribution in [0, 0.1) is 18.6 Å². The Labute approximate surface area is 252 Å². The van der Waals surface area contributed by atoms with Crippen molar-refractivity contribution < 1.29 is 18.3 Å². The molecule has 0 radical (unpaired) electrons. The second kappa shape index (κ2) is 10.8. The van der Waals surface area contributed by atoms with Crippen LogP contribution in [0.1, 0.15) is 43.5 Å². The van der Waals surface area contributed by atoms with Gasteiger partial charge in [-0.25, -0.2) is 13.6 Å². The molecule has 0 N–H and O–H groups in total. The van der Waals surface area contributed by atoms with Crippen LogP contribution in [-0.4, -0.2) is 51.0 Å². The number of anilines is 1. The Morgan fingerprint density at radius 2 is 1.98 bits per heavy atom. The number of carbonyl (C=O) groups is 1. The van der Waals surface area contributed by atoms with Crippen molar-refractivity contribution in [3.8, 4) is 22.6 Å². The number of nitrogens with zero attached hydrogens (tertiary/aromatic N) is 5. The average Bonchev–Trinajstić information content (AvgIpc) is 2.98. The van der Waals surface area contributed by atoms with Crippen molar-refractivity contribution in [3.05, 3.63) is 87.1 Å². The van der Waals surface area contributed by atoms with Crippen LogP contribution in [-0.2, 0) is 11.4 Å². The van der Waals surface area contributed by atoms with Gasteiger partial charge in [0.05, 0.1) is 16.4 Å². The van der Waals surface area contributed by atoms with Crippen LogP contribution in [0.25, 0.3) is 27.7 Å². The SMILES string of the molecule is C=CC(=O)N1CCN(c2nc(=O)n(-c3c(C)ccnc3C(C)C)c3c4c(c(Cl)cc23)-c2c(ccc(F)c2F)CO4)[C@@H](C)C1. The first kappa shape index (κ1) is 28.8. The standard InChI is InChI=1S/C32H30ClF2N5O3/c1-6-23(41)38-11-12-39(18(5)14-38)31-20-13-21(33)25-24-19(7-8-22(34)26(24)35)15-43-30(25)29(20)40(32(42)37-31)28-17(4)9-10-36-27(28)16(2)3/h6-10,13,16,18H,1,11-12,14-15H2,2-5H3/t18-/m0/s1. The Morgan fingerprint density at radius 1 is 1.21 bits per heavy atom. The molecular formula is C32H30ClF2N5O3. The number of halogens is 3. The third kappa shape index (κ3) is 4.55. The van der Waals surface area contributed by atoms with Crippen molar-refractivity contribution >= 4 is 34.2 Å². The molecule has 43 heavy (non-hydrogen) atoms. The van der Waals surface area contributed by atoms with Crippen LogP contribution in [0.2, 0.25) is 5.02 Å². The molecule has 2 aromatic heterocycles. The summed E-state index contributed by atoms with van der Waals surface area (Å²) in [6.45, 7) is 12.5. The number of ether oxygens (including phenoxy) is 1. The van der Waals surface area contributed by atoms with E-state index in [1.807, 2.05) is 32.6 Å². The lowest BCUT2D eigenvalue weighted by Gasteiger charge is -2.40. The zero-order valence-electron chi connectivity index (χ0n) is 24.2. The minimum absolute atomic E-state index is 0.00224. The van der Waals surface area contributed by atoms with Gasteiger partial charge in [-0.3, -0.25) is 14.3 Å². The summed E-state index contributed by atoms with van der Waals surface area (Å²) >= 11 is 6.88. The van der Waals surface area contributed by atoms with E-state index in [-0.39, 0.29) is 46.4 Å².